The molecule has 8 nitrogen and oxygen atoms in total. The standard InChI is InChI=1S/C24H23ClN4O4/c1-15-13-16-5-3-4-6-20(16)29(15)24(32)19-8-10-23(31)28(27-19)12-11-22(30)26-17-7-9-21(33-2)18(25)14-17/h3-10,14-15H,11-13H2,1-2H3,(H,26,30). The van der Waals surface area contributed by atoms with Crippen LogP contribution >= 0.6 is 11.6 Å². The molecular formula is C24H23ClN4O4. The van der Waals surface area contributed by atoms with Gasteiger partial charge in [-0.3, -0.25) is 14.4 Å². The normalized spacial score (nSPS) is 14.6. The van der Waals surface area contributed by atoms with E-state index in [0.717, 1.165) is 22.4 Å². The van der Waals surface area contributed by atoms with Gasteiger partial charge in [-0.1, -0.05) is 29.8 Å². The Morgan fingerprint density at radius 2 is 1.97 bits per heavy atom. The highest BCUT2D eigenvalue weighted by molar-refractivity contribution is 6.32. The molecule has 0 fully saturated rings. The minimum Gasteiger partial charge on any atom is -0.495 e. The number of methoxy groups -OCH3 is 1. The Hall–Kier alpha value is -3.65. The maximum absolute atomic E-state index is 13.2. The molecule has 4 rings (SSSR count). The predicted octanol–water partition coefficient (Wildman–Crippen LogP) is 3.53. The van der Waals surface area contributed by atoms with Gasteiger partial charge >= 0.3 is 0 Å². The largest absolute Gasteiger partial charge is 0.495 e. The molecule has 0 radical (unpaired) electrons. The number of aryl methyl sites for hydroxylation is 1. The van der Waals surface area contributed by atoms with E-state index in [4.69, 9.17) is 16.3 Å². The van der Waals surface area contributed by atoms with Crippen molar-refractivity contribution in [1.29, 1.82) is 0 Å². The number of fused-ring (bicyclic) bond motifs is 1. The number of carbonyl (C=O) groups is 2. The van der Waals surface area contributed by atoms with Crippen molar-refractivity contribution in [2.75, 3.05) is 17.3 Å². The summed E-state index contributed by atoms with van der Waals surface area (Å²) in [6.45, 7) is 2.01. The van der Waals surface area contributed by atoms with Crippen molar-refractivity contribution in [2.24, 2.45) is 0 Å². The molecule has 0 saturated carbocycles. The smallest absolute Gasteiger partial charge is 0.278 e. The molecule has 1 unspecified atom stereocenters. The van der Waals surface area contributed by atoms with Gasteiger partial charge in [0.1, 0.15) is 11.4 Å². The van der Waals surface area contributed by atoms with Gasteiger partial charge in [0.05, 0.1) is 18.7 Å². The second-order valence-electron chi connectivity index (χ2n) is 7.78. The predicted molar refractivity (Wildman–Crippen MR) is 126 cm³/mol. The number of hydrogen-bond acceptors (Lipinski definition) is 5. The minimum absolute atomic E-state index is 0.00283. The van der Waals surface area contributed by atoms with E-state index in [1.807, 2.05) is 31.2 Å². The van der Waals surface area contributed by atoms with Crippen LogP contribution in [0.15, 0.2) is 59.4 Å². The number of ether oxygens (including phenoxy) is 1. The molecule has 9 heteroatoms. The van der Waals surface area contributed by atoms with Gasteiger partial charge in [0, 0.05) is 29.9 Å². The number of nitrogens with zero attached hydrogens (tertiary/aromatic N) is 3. The number of carbonyl (C=O) groups excluding carboxylic acids is 2. The number of nitrogens with one attached hydrogen (secondary N) is 1. The van der Waals surface area contributed by atoms with E-state index in [0.29, 0.717) is 16.5 Å². The fraction of sp³-hybridized carbons (Fsp3) is 0.250. The molecule has 1 aromatic heterocycles. The minimum atomic E-state index is -0.387. The summed E-state index contributed by atoms with van der Waals surface area (Å²) in [6.07, 6.45) is 0.758. The first kappa shape index (κ1) is 22.5. The molecule has 0 aliphatic carbocycles. The van der Waals surface area contributed by atoms with Crippen LogP contribution < -0.4 is 20.5 Å². The molecule has 1 aliphatic heterocycles. The van der Waals surface area contributed by atoms with Crippen LogP contribution in [0.2, 0.25) is 5.02 Å². The Kier molecular flexibility index (Phi) is 6.46. The van der Waals surface area contributed by atoms with Crippen LogP contribution in [0.4, 0.5) is 11.4 Å². The molecule has 170 valence electrons. The molecule has 33 heavy (non-hydrogen) atoms. The zero-order chi connectivity index (χ0) is 23.5. The molecule has 1 atom stereocenters. The molecule has 2 heterocycles. The number of amides is 2. The van der Waals surface area contributed by atoms with Gasteiger partial charge < -0.3 is 15.0 Å². The third-order valence-electron chi connectivity index (χ3n) is 5.50. The highest BCUT2D eigenvalue weighted by atomic mass is 35.5. The van der Waals surface area contributed by atoms with E-state index in [-0.39, 0.29) is 42.1 Å². The average molecular weight is 467 g/mol. The number of rotatable bonds is 6. The van der Waals surface area contributed by atoms with E-state index < -0.39 is 0 Å². The van der Waals surface area contributed by atoms with Crippen molar-refractivity contribution >= 4 is 34.8 Å². The summed E-state index contributed by atoms with van der Waals surface area (Å²) in [5.74, 6) is -0.0934. The molecular weight excluding hydrogens is 444 g/mol. The molecule has 1 N–H and O–H groups in total. The lowest BCUT2D eigenvalue weighted by Gasteiger charge is -2.22. The molecule has 0 bridgehead atoms. The fourth-order valence-electron chi connectivity index (χ4n) is 3.90. The number of anilines is 2. The van der Waals surface area contributed by atoms with E-state index in [1.165, 1.54) is 19.2 Å². The lowest BCUT2D eigenvalue weighted by molar-refractivity contribution is -0.116. The second kappa shape index (κ2) is 9.46. The monoisotopic (exact) mass is 466 g/mol. The second-order valence-corrected chi connectivity index (χ2v) is 8.19. The summed E-state index contributed by atoms with van der Waals surface area (Å²) in [6, 6.07) is 15.4. The zero-order valence-electron chi connectivity index (χ0n) is 18.2. The van der Waals surface area contributed by atoms with E-state index in [2.05, 4.69) is 10.4 Å². The lowest BCUT2D eigenvalue weighted by Crippen LogP contribution is -2.37. The third kappa shape index (κ3) is 4.75. The number of hydrogen-bond donors (Lipinski definition) is 1. The summed E-state index contributed by atoms with van der Waals surface area (Å²) in [5.41, 5.74) is 2.23. The van der Waals surface area contributed by atoms with Crippen molar-refractivity contribution in [3.8, 4) is 5.75 Å². The zero-order valence-corrected chi connectivity index (χ0v) is 19.0. The van der Waals surface area contributed by atoms with Crippen LogP contribution in [-0.2, 0) is 17.8 Å². The van der Waals surface area contributed by atoms with Gasteiger partial charge in [-0.05, 0) is 49.2 Å². The summed E-state index contributed by atoms with van der Waals surface area (Å²) in [4.78, 5) is 39.5. The van der Waals surface area contributed by atoms with E-state index >= 15 is 0 Å². The maximum atomic E-state index is 13.2. The Balaban J connectivity index is 1.45. The quantitative estimate of drug-likeness (QED) is 0.600. The van der Waals surface area contributed by atoms with Gasteiger partial charge in [-0.2, -0.15) is 5.10 Å². The number of benzene rings is 2. The highest BCUT2D eigenvalue weighted by Crippen LogP contribution is 2.32. The topological polar surface area (TPSA) is 93.5 Å². The SMILES string of the molecule is COc1ccc(NC(=O)CCn2nc(C(=O)N3c4ccccc4CC3C)ccc2=O)cc1Cl. The first-order valence-electron chi connectivity index (χ1n) is 10.5. The fourth-order valence-corrected chi connectivity index (χ4v) is 4.15. The van der Waals surface area contributed by atoms with Gasteiger partial charge in [0.2, 0.25) is 5.91 Å². The van der Waals surface area contributed by atoms with Crippen LogP contribution in [0.3, 0.4) is 0 Å². The molecule has 1 aliphatic rings. The van der Waals surface area contributed by atoms with Crippen molar-refractivity contribution < 1.29 is 14.3 Å². The number of aromatic nitrogens is 2. The van der Waals surface area contributed by atoms with Gasteiger partial charge in [0.25, 0.3) is 11.5 Å². The molecule has 2 amide bonds. The van der Waals surface area contributed by atoms with Crippen molar-refractivity contribution in [1.82, 2.24) is 9.78 Å². The Labute approximate surface area is 195 Å². The summed E-state index contributed by atoms with van der Waals surface area (Å²) in [5, 5.41) is 7.33. The summed E-state index contributed by atoms with van der Waals surface area (Å²) < 4.78 is 6.23. The molecule has 0 spiro atoms. The first-order chi connectivity index (χ1) is 15.9. The average Bonchev–Trinajstić information content (AvgIpc) is 3.14. The van der Waals surface area contributed by atoms with Gasteiger partial charge in [-0.25, -0.2) is 4.68 Å². The van der Waals surface area contributed by atoms with E-state index in [9.17, 15) is 14.4 Å². The Bertz CT molecular complexity index is 1270. The Morgan fingerprint density at radius 1 is 1.18 bits per heavy atom. The van der Waals surface area contributed by atoms with Gasteiger partial charge in [0.15, 0.2) is 0 Å². The van der Waals surface area contributed by atoms with Crippen molar-refractivity contribution in [2.45, 2.75) is 32.4 Å². The molecule has 2 aromatic carbocycles. The van der Waals surface area contributed by atoms with Crippen molar-refractivity contribution in [3.05, 3.63) is 81.2 Å². The van der Waals surface area contributed by atoms with Crippen LogP contribution in [0.5, 0.6) is 5.75 Å². The number of halogens is 1. The Morgan fingerprint density at radius 3 is 2.73 bits per heavy atom. The summed E-state index contributed by atoms with van der Waals surface area (Å²) in [7, 11) is 1.51. The molecule has 0 saturated heterocycles. The maximum Gasteiger partial charge on any atom is 0.278 e. The van der Waals surface area contributed by atoms with E-state index in [1.54, 1.807) is 23.1 Å². The van der Waals surface area contributed by atoms with Crippen LogP contribution in [-0.4, -0.2) is 34.7 Å². The summed E-state index contributed by atoms with van der Waals surface area (Å²) >= 11 is 6.08. The van der Waals surface area contributed by atoms with Crippen molar-refractivity contribution in [3.63, 3.8) is 0 Å². The first-order valence-corrected chi connectivity index (χ1v) is 10.9. The van der Waals surface area contributed by atoms with Gasteiger partial charge in [-0.15, -0.1) is 0 Å². The lowest BCUT2D eigenvalue weighted by atomic mass is 10.1. The highest BCUT2D eigenvalue weighted by Gasteiger charge is 2.32. The van der Waals surface area contributed by atoms with Crippen LogP contribution in [0.25, 0.3) is 0 Å². The van der Waals surface area contributed by atoms with Crippen LogP contribution in [0.1, 0.15) is 29.4 Å². The molecule has 3 aromatic rings. The number of para-hydroxylation sites is 1. The third-order valence-corrected chi connectivity index (χ3v) is 5.79. The van der Waals surface area contributed by atoms with Crippen LogP contribution in [0, 0.1) is 0 Å².